The van der Waals surface area contributed by atoms with Gasteiger partial charge >= 0.3 is 0 Å². The van der Waals surface area contributed by atoms with Crippen molar-refractivity contribution >= 4 is 11.6 Å². The molecule has 0 saturated heterocycles. The molecule has 2 aromatic rings. The number of nitrogens with one attached hydrogen (secondary N) is 2. The van der Waals surface area contributed by atoms with Crippen LogP contribution in [-0.2, 0) is 11.2 Å². The molecule has 1 saturated carbocycles. The zero-order valence-corrected chi connectivity index (χ0v) is 16.9. The first-order chi connectivity index (χ1) is 13.2. The molecule has 0 spiro atoms. The fraction of sp³-hybridized carbons (Fsp3) is 0.619. The fourth-order valence-electron chi connectivity index (χ4n) is 4.08. The van der Waals surface area contributed by atoms with Gasteiger partial charge in [0.25, 0.3) is 0 Å². The summed E-state index contributed by atoms with van der Waals surface area (Å²) < 4.78 is 7.42. The number of aromatic nitrogens is 2. The van der Waals surface area contributed by atoms with Crippen molar-refractivity contribution in [3.63, 3.8) is 0 Å². The summed E-state index contributed by atoms with van der Waals surface area (Å²) >= 11 is 0. The van der Waals surface area contributed by atoms with Gasteiger partial charge in [-0.2, -0.15) is 0 Å². The lowest BCUT2D eigenvalue weighted by molar-refractivity contribution is 0.138. The van der Waals surface area contributed by atoms with Gasteiger partial charge < -0.3 is 19.8 Å². The van der Waals surface area contributed by atoms with Gasteiger partial charge in [0.1, 0.15) is 5.65 Å². The van der Waals surface area contributed by atoms with E-state index in [-0.39, 0.29) is 0 Å². The normalized spacial score (nSPS) is 16.8. The number of imidazole rings is 1. The van der Waals surface area contributed by atoms with E-state index in [9.17, 15) is 0 Å². The predicted octanol–water partition coefficient (Wildman–Crippen LogP) is 2.95. The first kappa shape index (κ1) is 19.7. The molecule has 6 nitrogen and oxygen atoms in total. The molecular formula is C21H33N5O. The number of hydrogen-bond donors (Lipinski definition) is 2. The van der Waals surface area contributed by atoms with Crippen molar-refractivity contribution in [3.8, 4) is 0 Å². The van der Waals surface area contributed by atoms with Gasteiger partial charge in [-0.05, 0) is 43.2 Å². The Morgan fingerprint density at radius 2 is 2.15 bits per heavy atom. The van der Waals surface area contributed by atoms with E-state index in [0.717, 1.165) is 49.8 Å². The standard InChI is InChI=1S/C21H33N5O/c1-17-7-6-13-26-15-18(25-19(17)26)8-12-23-20(22-2)24-16-21(11-14-27-3)9-4-5-10-21/h6-7,13,15H,4-5,8-12,14,16H2,1-3H3,(H2,22,23,24). The molecule has 0 radical (unpaired) electrons. The molecule has 2 heterocycles. The third-order valence-corrected chi connectivity index (χ3v) is 5.76. The van der Waals surface area contributed by atoms with E-state index in [1.54, 1.807) is 7.11 Å². The van der Waals surface area contributed by atoms with Crippen LogP contribution in [0.5, 0.6) is 0 Å². The van der Waals surface area contributed by atoms with Gasteiger partial charge in [0.2, 0.25) is 0 Å². The minimum Gasteiger partial charge on any atom is -0.385 e. The van der Waals surface area contributed by atoms with Crippen LogP contribution in [0.1, 0.15) is 43.4 Å². The van der Waals surface area contributed by atoms with Crippen molar-refractivity contribution in [2.24, 2.45) is 10.4 Å². The number of ether oxygens (including phenoxy) is 1. The number of pyridine rings is 1. The van der Waals surface area contributed by atoms with Gasteiger partial charge in [-0.1, -0.05) is 18.9 Å². The number of methoxy groups -OCH3 is 1. The molecule has 2 N–H and O–H groups in total. The molecule has 1 fully saturated rings. The van der Waals surface area contributed by atoms with Crippen LogP contribution in [0.2, 0.25) is 0 Å². The summed E-state index contributed by atoms with van der Waals surface area (Å²) in [4.78, 5) is 9.12. The zero-order chi connectivity index (χ0) is 19.1. The highest BCUT2D eigenvalue weighted by molar-refractivity contribution is 5.79. The maximum Gasteiger partial charge on any atom is 0.191 e. The Hall–Kier alpha value is -2.08. The first-order valence-corrected chi connectivity index (χ1v) is 10.0. The maximum absolute atomic E-state index is 5.33. The van der Waals surface area contributed by atoms with E-state index in [1.807, 2.05) is 13.2 Å². The molecule has 2 aromatic heterocycles. The van der Waals surface area contributed by atoms with Crippen LogP contribution in [0.15, 0.2) is 29.5 Å². The molecule has 0 aliphatic heterocycles. The van der Waals surface area contributed by atoms with Crippen molar-refractivity contribution in [1.82, 2.24) is 20.0 Å². The Bertz CT molecular complexity index is 761. The lowest BCUT2D eigenvalue weighted by Crippen LogP contribution is -2.43. The van der Waals surface area contributed by atoms with Crippen LogP contribution >= 0.6 is 0 Å². The quantitative estimate of drug-likeness (QED) is 0.553. The Kier molecular flexibility index (Phi) is 6.72. The second-order valence-electron chi connectivity index (χ2n) is 7.71. The van der Waals surface area contributed by atoms with Crippen molar-refractivity contribution in [2.45, 2.75) is 45.4 Å². The summed E-state index contributed by atoms with van der Waals surface area (Å²) in [6.45, 7) is 4.71. The van der Waals surface area contributed by atoms with Crippen molar-refractivity contribution in [1.29, 1.82) is 0 Å². The summed E-state index contributed by atoms with van der Waals surface area (Å²) in [6.07, 6.45) is 11.4. The average molecular weight is 372 g/mol. The van der Waals surface area contributed by atoms with E-state index in [1.165, 1.54) is 31.2 Å². The van der Waals surface area contributed by atoms with E-state index >= 15 is 0 Å². The largest absolute Gasteiger partial charge is 0.385 e. The molecule has 1 aliphatic rings. The first-order valence-electron chi connectivity index (χ1n) is 10.0. The molecule has 0 bridgehead atoms. The SMILES string of the molecule is CN=C(NCCc1cn2cccc(C)c2n1)NCC1(CCOC)CCCC1. The number of nitrogens with zero attached hydrogens (tertiary/aromatic N) is 3. The molecule has 6 heteroatoms. The van der Waals surface area contributed by atoms with Crippen molar-refractivity contribution < 1.29 is 4.74 Å². The highest BCUT2D eigenvalue weighted by Gasteiger charge is 2.33. The Morgan fingerprint density at radius 3 is 2.85 bits per heavy atom. The van der Waals surface area contributed by atoms with E-state index in [2.05, 4.69) is 45.3 Å². The summed E-state index contributed by atoms with van der Waals surface area (Å²) in [7, 11) is 3.62. The molecule has 1 aliphatic carbocycles. The Morgan fingerprint density at radius 1 is 1.33 bits per heavy atom. The molecule has 27 heavy (non-hydrogen) atoms. The fourth-order valence-corrected chi connectivity index (χ4v) is 4.08. The molecular weight excluding hydrogens is 338 g/mol. The predicted molar refractivity (Wildman–Crippen MR) is 110 cm³/mol. The summed E-state index contributed by atoms with van der Waals surface area (Å²) in [5, 5.41) is 6.97. The topological polar surface area (TPSA) is 63.0 Å². The highest BCUT2D eigenvalue weighted by atomic mass is 16.5. The highest BCUT2D eigenvalue weighted by Crippen LogP contribution is 2.40. The second-order valence-corrected chi connectivity index (χ2v) is 7.71. The van der Waals surface area contributed by atoms with E-state index in [0.29, 0.717) is 5.41 Å². The molecule has 0 aromatic carbocycles. The molecule has 3 rings (SSSR count). The minimum atomic E-state index is 0.354. The number of aryl methyl sites for hydroxylation is 1. The molecule has 0 amide bonds. The minimum absolute atomic E-state index is 0.354. The lowest BCUT2D eigenvalue weighted by Gasteiger charge is -2.29. The zero-order valence-electron chi connectivity index (χ0n) is 16.9. The lowest BCUT2D eigenvalue weighted by atomic mass is 9.83. The van der Waals surface area contributed by atoms with Gasteiger partial charge in [-0.3, -0.25) is 4.99 Å². The number of fused-ring (bicyclic) bond motifs is 1. The van der Waals surface area contributed by atoms with E-state index in [4.69, 9.17) is 9.72 Å². The van der Waals surface area contributed by atoms with Crippen LogP contribution in [0.25, 0.3) is 5.65 Å². The smallest absolute Gasteiger partial charge is 0.191 e. The number of hydrogen-bond acceptors (Lipinski definition) is 3. The number of guanidine groups is 1. The number of rotatable bonds is 8. The van der Waals surface area contributed by atoms with Gasteiger partial charge in [0.15, 0.2) is 5.96 Å². The van der Waals surface area contributed by atoms with Crippen LogP contribution in [-0.4, -0.2) is 49.2 Å². The summed E-state index contributed by atoms with van der Waals surface area (Å²) in [5.41, 5.74) is 3.69. The van der Waals surface area contributed by atoms with Crippen LogP contribution in [0.3, 0.4) is 0 Å². The molecule has 0 atom stereocenters. The summed E-state index contributed by atoms with van der Waals surface area (Å²) in [6, 6.07) is 4.15. The second kappa shape index (κ2) is 9.22. The van der Waals surface area contributed by atoms with Crippen LogP contribution < -0.4 is 10.6 Å². The molecule has 0 unspecified atom stereocenters. The average Bonchev–Trinajstić information content (AvgIpc) is 3.31. The van der Waals surface area contributed by atoms with Gasteiger partial charge in [0.05, 0.1) is 5.69 Å². The molecule has 148 valence electrons. The van der Waals surface area contributed by atoms with Crippen LogP contribution in [0.4, 0.5) is 0 Å². The Balaban J connectivity index is 1.49. The third kappa shape index (κ3) is 5.01. The van der Waals surface area contributed by atoms with Gasteiger partial charge in [-0.15, -0.1) is 0 Å². The Labute approximate surface area is 162 Å². The summed E-state index contributed by atoms with van der Waals surface area (Å²) in [5.74, 6) is 0.874. The van der Waals surface area contributed by atoms with Gasteiger partial charge in [-0.25, -0.2) is 4.98 Å². The number of aliphatic imine (C=N–C) groups is 1. The van der Waals surface area contributed by atoms with Crippen molar-refractivity contribution in [3.05, 3.63) is 35.8 Å². The van der Waals surface area contributed by atoms with Crippen LogP contribution in [0, 0.1) is 12.3 Å². The third-order valence-electron chi connectivity index (χ3n) is 5.76. The maximum atomic E-state index is 5.33. The van der Waals surface area contributed by atoms with Crippen molar-refractivity contribution in [2.75, 3.05) is 33.9 Å². The van der Waals surface area contributed by atoms with E-state index < -0.39 is 0 Å². The monoisotopic (exact) mass is 371 g/mol. The van der Waals surface area contributed by atoms with Gasteiger partial charge in [0, 0.05) is 52.7 Å².